The molecule has 92 valence electrons. The smallest absolute Gasteiger partial charge is 0.0601 e. The molecule has 3 nitrogen and oxygen atoms in total. The van der Waals surface area contributed by atoms with E-state index in [0.717, 1.165) is 6.42 Å². The molecule has 0 spiro atoms. The lowest BCUT2D eigenvalue weighted by Crippen LogP contribution is -2.54. The highest BCUT2D eigenvalue weighted by Crippen LogP contribution is 2.25. The summed E-state index contributed by atoms with van der Waals surface area (Å²) in [4.78, 5) is 2.20. The van der Waals surface area contributed by atoms with E-state index >= 15 is 0 Å². The van der Waals surface area contributed by atoms with Crippen molar-refractivity contribution >= 4 is 0 Å². The van der Waals surface area contributed by atoms with Gasteiger partial charge in [-0.1, -0.05) is 27.7 Å². The van der Waals surface area contributed by atoms with Gasteiger partial charge < -0.3 is 10.8 Å². The van der Waals surface area contributed by atoms with Crippen molar-refractivity contribution < 1.29 is 5.11 Å². The van der Waals surface area contributed by atoms with Crippen molar-refractivity contribution in [3.63, 3.8) is 0 Å². The second kappa shape index (κ2) is 5.83. The second-order valence-corrected chi connectivity index (χ2v) is 5.53. The highest BCUT2D eigenvalue weighted by molar-refractivity contribution is 4.86. The van der Waals surface area contributed by atoms with Crippen molar-refractivity contribution in [1.29, 1.82) is 0 Å². The number of likely N-dealkylation sites (N-methyl/N-ethyl adjacent to an activating group) is 1. The molecule has 0 rings (SSSR count). The van der Waals surface area contributed by atoms with Crippen molar-refractivity contribution in [2.45, 2.75) is 59.2 Å². The van der Waals surface area contributed by atoms with Crippen LogP contribution in [0.4, 0.5) is 0 Å². The van der Waals surface area contributed by atoms with E-state index in [4.69, 9.17) is 5.73 Å². The molecule has 0 aliphatic carbocycles. The Morgan fingerprint density at radius 2 is 1.80 bits per heavy atom. The van der Waals surface area contributed by atoms with E-state index in [1.54, 1.807) is 0 Å². The lowest BCUT2D eigenvalue weighted by Gasteiger charge is -2.41. The summed E-state index contributed by atoms with van der Waals surface area (Å²) >= 11 is 0. The van der Waals surface area contributed by atoms with Crippen molar-refractivity contribution in [3.05, 3.63) is 0 Å². The van der Waals surface area contributed by atoms with Crippen LogP contribution in [0.3, 0.4) is 0 Å². The lowest BCUT2D eigenvalue weighted by molar-refractivity contribution is 0.0499. The molecule has 3 atom stereocenters. The molecule has 3 N–H and O–H groups in total. The number of hydrogen-bond donors (Lipinski definition) is 2. The first kappa shape index (κ1) is 14.9. The zero-order valence-corrected chi connectivity index (χ0v) is 11.1. The Balaban J connectivity index is 4.58. The number of nitrogens with two attached hydrogens (primary N) is 1. The third-order valence-corrected chi connectivity index (χ3v) is 3.54. The first-order valence-corrected chi connectivity index (χ1v) is 5.84. The molecular weight excluding hydrogens is 188 g/mol. The minimum Gasteiger partial charge on any atom is -0.395 e. The van der Waals surface area contributed by atoms with Crippen molar-refractivity contribution in [1.82, 2.24) is 4.90 Å². The van der Waals surface area contributed by atoms with Crippen molar-refractivity contribution in [2.24, 2.45) is 11.1 Å². The minimum atomic E-state index is 0.0461. The topological polar surface area (TPSA) is 49.5 Å². The van der Waals surface area contributed by atoms with Crippen LogP contribution in [0.1, 0.15) is 41.0 Å². The molecular formula is C12H28N2O. The zero-order valence-electron chi connectivity index (χ0n) is 11.1. The second-order valence-electron chi connectivity index (χ2n) is 5.53. The van der Waals surface area contributed by atoms with Crippen LogP contribution in [0, 0.1) is 5.41 Å². The monoisotopic (exact) mass is 216 g/mol. The Morgan fingerprint density at radius 1 is 1.33 bits per heavy atom. The molecule has 3 unspecified atom stereocenters. The summed E-state index contributed by atoms with van der Waals surface area (Å²) in [6, 6.07) is 0.501. The van der Waals surface area contributed by atoms with Gasteiger partial charge in [-0.25, -0.2) is 0 Å². The number of aliphatic hydroxyl groups is 1. The number of nitrogens with zero attached hydrogens (tertiary/aromatic N) is 1. The molecule has 0 aliphatic rings. The average Bonchev–Trinajstić information content (AvgIpc) is 2.15. The van der Waals surface area contributed by atoms with Gasteiger partial charge in [-0.3, -0.25) is 4.90 Å². The molecule has 0 saturated carbocycles. The SMILES string of the molecule is CCC(N)C(CO)N(C)C(C)C(C)(C)C. The van der Waals surface area contributed by atoms with Crippen LogP contribution >= 0.6 is 0 Å². The van der Waals surface area contributed by atoms with Crippen LogP contribution in [0.15, 0.2) is 0 Å². The molecule has 0 radical (unpaired) electrons. The van der Waals surface area contributed by atoms with E-state index in [0.29, 0.717) is 6.04 Å². The molecule has 0 fully saturated rings. The van der Waals surface area contributed by atoms with E-state index in [1.165, 1.54) is 0 Å². The van der Waals surface area contributed by atoms with Gasteiger partial charge >= 0.3 is 0 Å². The van der Waals surface area contributed by atoms with E-state index in [9.17, 15) is 5.11 Å². The molecule has 0 aliphatic heterocycles. The molecule has 0 aromatic heterocycles. The molecule has 0 aromatic rings. The summed E-state index contributed by atoms with van der Waals surface area (Å²) in [5, 5.41) is 9.39. The van der Waals surface area contributed by atoms with Crippen molar-refractivity contribution in [2.75, 3.05) is 13.7 Å². The summed E-state index contributed by atoms with van der Waals surface area (Å²) in [7, 11) is 2.05. The maximum Gasteiger partial charge on any atom is 0.0601 e. The first-order valence-electron chi connectivity index (χ1n) is 5.84. The Labute approximate surface area is 94.6 Å². The van der Waals surface area contributed by atoms with Gasteiger partial charge in [-0.15, -0.1) is 0 Å². The lowest BCUT2D eigenvalue weighted by atomic mass is 9.86. The fourth-order valence-electron chi connectivity index (χ4n) is 1.74. The first-order chi connectivity index (χ1) is 6.75. The summed E-state index contributed by atoms with van der Waals surface area (Å²) in [5.74, 6) is 0. The number of hydrogen-bond acceptors (Lipinski definition) is 3. The van der Waals surface area contributed by atoms with Crippen molar-refractivity contribution in [3.8, 4) is 0 Å². The minimum absolute atomic E-state index is 0.0461. The molecule has 0 heterocycles. The summed E-state index contributed by atoms with van der Waals surface area (Å²) in [5.41, 5.74) is 6.21. The molecule has 0 bridgehead atoms. The highest BCUT2D eigenvalue weighted by Gasteiger charge is 2.30. The normalized spacial score (nSPS) is 19.0. The number of aliphatic hydroxyl groups excluding tert-OH is 1. The van der Waals surface area contributed by atoms with Crippen LogP contribution in [-0.4, -0.2) is 41.8 Å². The molecule has 3 heteroatoms. The van der Waals surface area contributed by atoms with E-state index in [1.807, 2.05) is 7.05 Å². The van der Waals surface area contributed by atoms with Crippen LogP contribution < -0.4 is 5.73 Å². The summed E-state index contributed by atoms with van der Waals surface area (Å²) < 4.78 is 0. The van der Waals surface area contributed by atoms with Gasteiger partial charge in [0.05, 0.1) is 6.61 Å². The van der Waals surface area contributed by atoms with Gasteiger partial charge in [0.2, 0.25) is 0 Å². The van der Waals surface area contributed by atoms with Gasteiger partial charge in [-0.2, -0.15) is 0 Å². The molecule has 0 aromatic carbocycles. The quantitative estimate of drug-likeness (QED) is 0.731. The van der Waals surface area contributed by atoms with Crippen LogP contribution in [0.2, 0.25) is 0 Å². The Morgan fingerprint density at radius 3 is 2.07 bits per heavy atom. The van der Waals surface area contributed by atoms with Gasteiger partial charge in [0.1, 0.15) is 0 Å². The largest absolute Gasteiger partial charge is 0.395 e. The predicted octanol–water partition coefficient (Wildman–Crippen LogP) is 1.45. The third kappa shape index (κ3) is 4.09. The zero-order chi connectivity index (χ0) is 12.2. The fourth-order valence-corrected chi connectivity index (χ4v) is 1.74. The predicted molar refractivity (Wildman–Crippen MR) is 65.8 cm³/mol. The van der Waals surface area contributed by atoms with E-state index in [-0.39, 0.29) is 24.1 Å². The third-order valence-electron chi connectivity index (χ3n) is 3.54. The van der Waals surface area contributed by atoms with Crippen LogP contribution in [-0.2, 0) is 0 Å². The summed E-state index contributed by atoms with van der Waals surface area (Å²) in [6.45, 7) is 11.0. The van der Waals surface area contributed by atoms with Crippen LogP contribution in [0.5, 0.6) is 0 Å². The summed E-state index contributed by atoms with van der Waals surface area (Å²) in [6.07, 6.45) is 0.895. The number of rotatable bonds is 5. The average molecular weight is 216 g/mol. The molecule has 0 amide bonds. The van der Waals surface area contributed by atoms with Gasteiger partial charge in [0, 0.05) is 18.1 Å². The maximum atomic E-state index is 9.39. The van der Waals surface area contributed by atoms with Gasteiger partial charge in [0.15, 0.2) is 0 Å². The molecule has 0 saturated heterocycles. The van der Waals surface area contributed by atoms with E-state index in [2.05, 4.69) is 39.5 Å². The standard InChI is InChI=1S/C12H28N2O/c1-7-10(13)11(8-15)14(6)9(2)12(3,4)5/h9-11,15H,7-8,13H2,1-6H3. The van der Waals surface area contributed by atoms with Gasteiger partial charge in [0.25, 0.3) is 0 Å². The Bertz CT molecular complexity index is 177. The highest BCUT2D eigenvalue weighted by atomic mass is 16.3. The maximum absolute atomic E-state index is 9.39. The Kier molecular flexibility index (Phi) is 5.78. The van der Waals surface area contributed by atoms with Gasteiger partial charge in [-0.05, 0) is 25.8 Å². The van der Waals surface area contributed by atoms with E-state index < -0.39 is 0 Å². The fraction of sp³-hybridized carbons (Fsp3) is 1.00. The van der Waals surface area contributed by atoms with Crippen LogP contribution in [0.25, 0.3) is 0 Å². The molecule has 15 heavy (non-hydrogen) atoms. The Hall–Kier alpha value is -0.120.